The second kappa shape index (κ2) is 8.79. The summed E-state index contributed by atoms with van der Waals surface area (Å²) in [6.45, 7) is 3.37. The first-order chi connectivity index (χ1) is 14.5. The lowest BCUT2D eigenvalue weighted by molar-refractivity contribution is -0.123. The van der Waals surface area contributed by atoms with Crippen LogP contribution in [0.2, 0.25) is 0 Å². The summed E-state index contributed by atoms with van der Waals surface area (Å²) in [6, 6.07) is 15.8. The van der Waals surface area contributed by atoms with Crippen molar-refractivity contribution in [3.05, 3.63) is 70.2 Å². The van der Waals surface area contributed by atoms with Crippen LogP contribution in [0.25, 0.3) is 10.6 Å². The second-order valence-corrected chi connectivity index (χ2v) is 8.51. The first kappa shape index (κ1) is 20.3. The van der Waals surface area contributed by atoms with Crippen LogP contribution >= 0.6 is 11.3 Å². The summed E-state index contributed by atoms with van der Waals surface area (Å²) in [5, 5.41) is 3.90. The minimum absolute atomic E-state index is 0.0249. The predicted octanol–water partition coefficient (Wildman–Crippen LogP) is 4.89. The summed E-state index contributed by atoms with van der Waals surface area (Å²) in [6.07, 6.45) is 3.09. The molecule has 1 N–H and O–H groups in total. The average Bonchev–Trinajstić information content (AvgIpc) is 3.15. The van der Waals surface area contributed by atoms with E-state index in [4.69, 9.17) is 4.74 Å². The number of hydrogen-bond donors (Lipinski definition) is 1. The van der Waals surface area contributed by atoms with Gasteiger partial charge in [0.25, 0.3) is 5.91 Å². The highest BCUT2D eigenvalue weighted by Gasteiger charge is 2.21. The van der Waals surface area contributed by atoms with E-state index >= 15 is 0 Å². The van der Waals surface area contributed by atoms with E-state index in [1.807, 2.05) is 43.3 Å². The fourth-order valence-electron chi connectivity index (χ4n) is 3.83. The molecule has 154 valence electrons. The molecule has 3 aromatic rings. The maximum Gasteiger partial charge on any atom is 0.258 e. The predicted molar refractivity (Wildman–Crippen MR) is 118 cm³/mol. The van der Waals surface area contributed by atoms with Gasteiger partial charge < -0.3 is 10.1 Å². The maximum absolute atomic E-state index is 12.4. The number of hydrogen-bond acceptors (Lipinski definition) is 5. The van der Waals surface area contributed by atoms with Gasteiger partial charge in [0.05, 0.1) is 16.6 Å². The molecule has 1 amide bonds. The average molecular weight is 421 g/mol. The first-order valence-electron chi connectivity index (χ1n) is 10.1. The number of benzene rings is 2. The van der Waals surface area contributed by atoms with Crippen LogP contribution in [0.3, 0.4) is 0 Å². The largest absolute Gasteiger partial charge is 0.484 e. The molecule has 2 aromatic carbocycles. The smallest absolute Gasteiger partial charge is 0.258 e. The number of aromatic nitrogens is 1. The van der Waals surface area contributed by atoms with Crippen molar-refractivity contribution in [2.75, 3.05) is 6.61 Å². The fraction of sp³-hybridized carbons (Fsp3) is 0.292. The van der Waals surface area contributed by atoms with Crippen molar-refractivity contribution < 1.29 is 14.3 Å². The number of fused-ring (bicyclic) bond motifs is 1. The third kappa shape index (κ3) is 4.44. The Bertz CT molecular complexity index is 1070. The summed E-state index contributed by atoms with van der Waals surface area (Å²) < 4.78 is 5.67. The normalized spacial score (nSPS) is 15.3. The van der Waals surface area contributed by atoms with Gasteiger partial charge in [0.1, 0.15) is 10.8 Å². The van der Waals surface area contributed by atoms with Crippen LogP contribution in [-0.4, -0.2) is 23.3 Å². The zero-order chi connectivity index (χ0) is 21.1. The van der Waals surface area contributed by atoms with Gasteiger partial charge in [0, 0.05) is 12.5 Å². The molecule has 6 heteroatoms. The topological polar surface area (TPSA) is 68.3 Å². The number of aryl methyl sites for hydroxylation is 2. The lowest BCUT2D eigenvalue weighted by Crippen LogP contribution is -2.34. The number of ether oxygens (including phenoxy) is 1. The zero-order valence-electron chi connectivity index (χ0n) is 17.1. The van der Waals surface area contributed by atoms with Crippen LogP contribution in [0, 0.1) is 6.92 Å². The molecule has 30 heavy (non-hydrogen) atoms. The number of Topliss-reactive ketones (excluding diaryl/α,β-unsaturated/α-hetero) is 1. The SMILES string of the molecule is CC(=O)c1sc(-c2ccc(OCC(=O)NC3CCCc4ccccc43)cc2)nc1C. The van der Waals surface area contributed by atoms with Gasteiger partial charge in [-0.25, -0.2) is 4.98 Å². The number of carbonyl (C=O) groups excluding carboxylic acids is 2. The molecule has 1 aromatic heterocycles. The summed E-state index contributed by atoms with van der Waals surface area (Å²) >= 11 is 1.39. The van der Waals surface area contributed by atoms with Crippen molar-refractivity contribution in [3.8, 4) is 16.3 Å². The third-order valence-corrected chi connectivity index (χ3v) is 6.60. The quantitative estimate of drug-likeness (QED) is 0.576. The first-order valence-corrected chi connectivity index (χ1v) is 10.9. The molecule has 0 saturated heterocycles. The number of rotatable bonds is 6. The van der Waals surface area contributed by atoms with Gasteiger partial charge in [-0.3, -0.25) is 9.59 Å². The Balaban J connectivity index is 1.35. The van der Waals surface area contributed by atoms with Crippen LogP contribution in [0.5, 0.6) is 5.75 Å². The monoisotopic (exact) mass is 420 g/mol. The van der Waals surface area contributed by atoms with Crippen molar-refractivity contribution in [3.63, 3.8) is 0 Å². The van der Waals surface area contributed by atoms with Gasteiger partial charge in [-0.2, -0.15) is 0 Å². The molecule has 0 bridgehead atoms. The van der Waals surface area contributed by atoms with Gasteiger partial charge in [-0.1, -0.05) is 24.3 Å². The number of nitrogens with one attached hydrogen (secondary N) is 1. The molecule has 1 aliphatic rings. The van der Waals surface area contributed by atoms with Crippen LogP contribution in [0.15, 0.2) is 48.5 Å². The standard InChI is InChI=1S/C24H24N2O3S/c1-15-23(16(2)27)30-24(25-15)18-10-12-19(13-11-18)29-14-22(28)26-21-9-5-7-17-6-3-4-8-20(17)21/h3-4,6,8,10-13,21H,5,7,9,14H2,1-2H3,(H,26,28). The van der Waals surface area contributed by atoms with E-state index in [2.05, 4.69) is 22.4 Å². The van der Waals surface area contributed by atoms with E-state index in [1.54, 1.807) is 6.92 Å². The Morgan fingerprint density at radius 1 is 1.17 bits per heavy atom. The van der Waals surface area contributed by atoms with Crippen LogP contribution in [-0.2, 0) is 11.2 Å². The molecule has 0 saturated carbocycles. The Labute approximate surface area is 180 Å². The van der Waals surface area contributed by atoms with E-state index < -0.39 is 0 Å². The maximum atomic E-state index is 12.4. The Kier molecular flexibility index (Phi) is 5.95. The van der Waals surface area contributed by atoms with E-state index in [9.17, 15) is 9.59 Å². The lowest BCUT2D eigenvalue weighted by Gasteiger charge is -2.26. The molecule has 1 heterocycles. The Morgan fingerprint density at radius 2 is 1.93 bits per heavy atom. The second-order valence-electron chi connectivity index (χ2n) is 7.51. The molecule has 1 aliphatic carbocycles. The number of carbonyl (C=O) groups is 2. The van der Waals surface area contributed by atoms with Crippen molar-refractivity contribution in [2.45, 2.75) is 39.2 Å². The summed E-state index contributed by atoms with van der Waals surface area (Å²) in [7, 11) is 0. The van der Waals surface area contributed by atoms with E-state index in [0.29, 0.717) is 10.6 Å². The molecule has 1 unspecified atom stereocenters. The van der Waals surface area contributed by atoms with Gasteiger partial charge in [0.15, 0.2) is 12.4 Å². The lowest BCUT2D eigenvalue weighted by atomic mass is 9.88. The highest BCUT2D eigenvalue weighted by Crippen LogP contribution is 2.30. The van der Waals surface area contributed by atoms with Gasteiger partial charge in [-0.05, 0) is 61.6 Å². The number of amides is 1. The summed E-state index contributed by atoms with van der Waals surface area (Å²) in [5.41, 5.74) is 4.20. The molecule has 0 aliphatic heterocycles. The van der Waals surface area contributed by atoms with Crippen LogP contribution < -0.4 is 10.1 Å². The summed E-state index contributed by atoms with van der Waals surface area (Å²) in [4.78, 5) is 29.2. The Morgan fingerprint density at radius 3 is 2.67 bits per heavy atom. The van der Waals surface area contributed by atoms with Gasteiger partial charge >= 0.3 is 0 Å². The molecule has 5 nitrogen and oxygen atoms in total. The van der Waals surface area contributed by atoms with Crippen molar-refractivity contribution in [1.82, 2.24) is 10.3 Å². The number of thiazole rings is 1. The van der Waals surface area contributed by atoms with Crippen LogP contribution in [0.1, 0.15) is 52.3 Å². The molecular weight excluding hydrogens is 396 g/mol. The summed E-state index contributed by atoms with van der Waals surface area (Å²) in [5.74, 6) is 0.531. The molecule has 0 fully saturated rings. The van der Waals surface area contributed by atoms with Crippen molar-refractivity contribution in [2.24, 2.45) is 0 Å². The minimum Gasteiger partial charge on any atom is -0.484 e. The molecule has 0 spiro atoms. The number of nitrogens with zero attached hydrogens (tertiary/aromatic N) is 1. The number of ketones is 1. The molecule has 0 radical (unpaired) electrons. The molecule has 1 atom stereocenters. The van der Waals surface area contributed by atoms with E-state index in [1.165, 1.54) is 22.5 Å². The van der Waals surface area contributed by atoms with Crippen molar-refractivity contribution >= 4 is 23.0 Å². The van der Waals surface area contributed by atoms with Gasteiger partial charge in [-0.15, -0.1) is 11.3 Å². The third-order valence-electron chi connectivity index (χ3n) is 5.29. The van der Waals surface area contributed by atoms with Crippen LogP contribution in [0.4, 0.5) is 0 Å². The van der Waals surface area contributed by atoms with E-state index in [-0.39, 0.29) is 24.3 Å². The fourth-order valence-corrected chi connectivity index (χ4v) is 4.80. The minimum atomic E-state index is -0.123. The molecular formula is C24H24N2O3S. The van der Waals surface area contributed by atoms with Gasteiger partial charge in [0.2, 0.25) is 0 Å². The highest BCUT2D eigenvalue weighted by molar-refractivity contribution is 7.17. The molecule has 4 rings (SSSR count). The zero-order valence-corrected chi connectivity index (χ0v) is 17.9. The van der Waals surface area contributed by atoms with Crippen molar-refractivity contribution in [1.29, 1.82) is 0 Å². The van der Waals surface area contributed by atoms with E-state index in [0.717, 1.165) is 35.5 Å². The highest BCUT2D eigenvalue weighted by atomic mass is 32.1. The Hall–Kier alpha value is -2.99.